The molecular formula is C16H25N3O2. The number of nitrogens with zero attached hydrogens (tertiary/aromatic N) is 3. The smallest absolute Gasteiger partial charge is 0.116 e. The van der Waals surface area contributed by atoms with E-state index in [4.69, 9.17) is 9.59 Å². The minimum absolute atomic E-state index is 0.750. The Kier molecular flexibility index (Phi) is 22.2. The van der Waals surface area contributed by atoms with Crippen LogP contribution in [0.5, 0.6) is 0 Å². The van der Waals surface area contributed by atoms with Crippen molar-refractivity contribution in [1.82, 2.24) is 15.0 Å². The van der Waals surface area contributed by atoms with Gasteiger partial charge in [0.05, 0.1) is 5.52 Å². The van der Waals surface area contributed by atoms with Crippen LogP contribution >= 0.6 is 0 Å². The fraction of sp³-hybridized carbons (Fsp3) is 0.312. The van der Waals surface area contributed by atoms with Crippen LogP contribution in [-0.2, 0) is 16.6 Å². The molecule has 0 unspecified atom stereocenters. The maximum absolute atomic E-state index is 8.81. The Hall–Kier alpha value is -2.52. The Morgan fingerprint density at radius 2 is 1.62 bits per heavy atom. The van der Waals surface area contributed by atoms with Crippen molar-refractivity contribution in [3.8, 4) is 0 Å². The third-order valence-corrected chi connectivity index (χ3v) is 1.52. The van der Waals surface area contributed by atoms with Crippen LogP contribution in [0.2, 0.25) is 0 Å². The number of allylic oxidation sites excluding steroid dienone is 1. The summed E-state index contributed by atoms with van der Waals surface area (Å²) in [6.07, 6.45) is 2.50. The highest BCUT2D eigenvalue weighted by atomic mass is 16.1. The molecule has 116 valence electrons. The molecule has 0 spiro atoms. The van der Waals surface area contributed by atoms with Crippen LogP contribution in [0.3, 0.4) is 0 Å². The van der Waals surface area contributed by atoms with E-state index >= 15 is 0 Å². The standard InChI is InChI=1S/C7H7N3.C3H6.C2H4O.C2H2O.C2H6/c1-10-7-5-3-2-4-6(7)8-9-10;1-3-2;2*1-2-3;1-2/h2-5H,1H3;3H,1H2,2H3;2H,1H3;1H2;1-2H3. The van der Waals surface area contributed by atoms with Crippen LogP contribution in [0.25, 0.3) is 11.0 Å². The second-order valence-electron chi connectivity index (χ2n) is 2.99. The third-order valence-electron chi connectivity index (χ3n) is 1.52. The molecule has 1 aromatic heterocycles. The minimum Gasteiger partial charge on any atom is -0.304 e. The highest BCUT2D eigenvalue weighted by molar-refractivity contribution is 5.73. The van der Waals surface area contributed by atoms with Gasteiger partial charge < -0.3 is 4.79 Å². The molecule has 0 N–H and O–H groups in total. The van der Waals surface area contributed by atoms with E-state index in [0.717, 1.165) is 17.3 Å². The predicted molar refractivity (Wildman–Crippen MR) is 88.8 cm³/mol. The van der Waals surface area contributed by atoms with E-state index in [9.17, 15) is 0 Å². The lowest BCUT2D eigenvalue weighted by Gasteiger charge is -1.87. The molecule has 1 aromatic carbocycles. The summed E-state index contributed by atoms with van der Waals surface area (Å²) in [6.45, 7) is 13.4. The van der Waals surface area contributed by atoms with Gasteiger partial charge in [-0.15, -0.1) is 11.7 Å². The zero-order valence-electron chi connectivity index (χ0n) is 13.5. The van der Waals surface area contributed by atoms with Gasteiger partial charge in [0, 0.05) is 7.05 Å². The van der Waals surface area contributed by atoms with Gasteiger partial charge in [-0.3, -0.25) is 0 Å². The summed E-state index contributed by atoms with van der Waals surface area (Å²) < 4.78 is 1.76. The van der Waals surface area contributed by atoms with Crippen molar-refractivity contribution in [2.45, 2.75) is 27.7 Å². The first-order valence-electron chi connectivity index (χ1n) is 6.48. The molecule has 0 bridgehead atoms. The van der Waals surface area contributed by atoms with Gasteiger partial charge in [0.2, 0.25) is 0 Å². The number of fused-ring (bicyclic) bond motifs is 1. The van der Waals surface area contributed by atoms with Gasteiger partial charge in [-0.1, -0.05) is 37.3 Å². The maximum atomic E-state index is 8.81. The zero-order chi connectivity index (χ0) is 17.1. The Labute approximate surface area is 127 Å². The van der Waals surface area contributed by atoms with E-state index in [1.54, 1.807) is 10.8 Å². The number of rotatable bonds is 0. The molecular weight excluding hydrogens is 266 g/mol. The topological polar surface area (TPSA) is 64.8 Å². The quantitative estimate of drug-likeness (QED) is 0.424. The summed E-state index contributed by atoms with van der Waals surface area (Å²) in [5.41, 5.74) is 2.02. The maximum Gasteiger partial charge on any atom is 0.116 e. The number of hydrogen-bond donors (Lipinski definition) is 0. The highest BCUT2D eigenvalue weighted by Gasteiger charge is 1.95. The van der Waals surface area contributed by atoms with Crippen molar-refractivity contribution in [1.29, 1.82) is 0 Å². The van der Waals surface area contributed by atoms with Gasteiger partial charge in [-0.25, -0.2) is 9.48 Å². The summed E-state index contributed by atoms with van der Waals surface area (Å²) in [4.78, 5) is 17.4. The first-order valence-corrected chi connectivity index (χ1v) is 6.48. The molecule has 0 aliphatic rings. The number of aromatic nitrogens is 3. The summed E-state index contributed by atoms with van der Waals surface area (Å²) in [7, 11) is 1.88. The molecule has 1 heterocycles. The minimum atomic E-state index is 0.750. The summed E-state index contributed by atoms with van der Waals surface area (Å²) >= 11 is 0. The first kappa shape index (κ1) is 23.6. The number of benzene rings is 1. The van der Waals surface area contributed by atoms with Crippen molar-refractivity contribution < 1.29 is 9.59 Å². The molecule has 0 saturated heterocycles. The molecule has 0 amide bonds. The van der Waals surface area contributed by atoms with Gasteiger partial charge in [-0.2, -0.15) is 0 Å². The largest absolute Gasteiger partial charge is 0.304 e. The molecule has 2 aromatic rings. The Morgan fingerprint density at radius 1 is 1.24 bits per heavy atom. The molecule has 5 heteroatoms. The summed E-state index contributed by atoms with van der Waals surface area (Å²) in [6, 6.07) is 7.88. The molecule has 0 aliphatic carbocycles. The highest BCUT2D eigenvalue weighted by Crippen LogP contribution is 2.06. The number of hydrogen-bond acceptors (Lipinski definition) is 4. The number of aryl methyl sites for hydroxylation is 1. The fourth-order valence-corrected chi connectivity index (χ4v) is 0.986. The molecule has 0 aliphatic heterocycles. The summed E-state index contributed by atoms with van der Waals surface area (Å²) in [5.74, 6) is 1.25. The lowest BCUT2D eigenvalue weighted by molar-refractivity contribution is -0.106. The molecule has 21 heavy (non-hydrogen) atoms. The molecule has 2 rings (SSSR count). The number of aldehydes is 1. The Balaban J connectivity index is -0.000000249. The van der Waals surface area contributed by atoms with Gasteiger partial charge in [0.1, 0.15) is 17.7 Å². The predicted octanol–water partition coefficient (Wildman–Crippen LogP) is 3.40. The van der Waals surface area contributed by atoms with Gasteiger partial charge in [-0.05, 0) is 32.6 Å². The zero-order valence-corrected chi connectivity index (χ0v) is 13.5. The van der Waals surface area contributed by atoms with Crippen molar-refractivity contribution >= 4 is 23.3 Å². The van der Waals surface area contributed by atoms with Gasteiger partial charge in [0.25, 0.3) is 0 Å². The fourth-order valence-electron chi connectivity index (χ4n) is 0.986. The second-order valence-corrected chi connectivity index (χ2v) is 2.99. The Bertz CT molecular complexity index is 507. The van der Waals surface area contributed by atoms with Crippen LogP contribution < -0.4 is 0 Å². The first-order chi connectivity index (χ1) is 10.1. The van der Waals surface area contributed by atoms with Gasteiger partial charge in [0.15, 0.2) is 0 Å². The second kappa shape index (κ2) is 19.8. The van der Waals surface area contributed by atoms with Crippen molar-refractivity contribution in [2.24, 2.45) is 7.05 Å². The number of para-hydroxylation sites is 1. The lowest BCUT2D eigenvalue weighted by Crippen LogP contribution is -1.88. The van der Waals surface area contributed by atoms with Crippen molar-refractivity contribution in [3.05, 3.63) is 43.5 Å². The van der Waals surface area contributed by atoms with Crippen molar-refractivity contribution in [3.63, 3.8) is 0 Å². The van der Waals surface area contributed by atoms with Gasteiger partial charge >= 0.3 is 0 Å². The van der Waals surface area contributed by atoms with E-state index in [1.807, 2.05) is 52.1 Å². The van der Waals surface area contributed by atoms with E-state index in [1.165, 1.54) is 12.9 Å². The van der Waals surface area contributed by atoms with Crippen LogP contribution in [0.1, 0.15) is 27.7 Å². The normalized spacial score (nSPS) is 6.90. The summed E-state index contributed by atoms with van der Waals surface area (Å²) in [5, 5.41) is 7.79. The van der Waals surface area contributed by atoms with E-state index in [0.29, 0.717) is 0 Å². The molecule has 0 atom stereocenters. The number of carbonyl (C=O) groups is 1. The average molecular weight is 291 g/mol. The lowest BCUT2D eigenvalue weighted by atomic mass is 10.3. The van der Waals surface area contributed by atoms with Crippen molar-refractivity contribution in [2.75, 3.05) is 0 Å². The molecule has 5 nitrogen and oxygen atoms in total. The van der Waals surface area contributed by atoms with E-state index < -0.39 is 0 Å². The SMILES string of the molecule is C=C=O.C=CC.CC.CC=O.Cn1nnc2ccccc21. The number of carbonyl (C=O) groups excluding carboxylic acids is 2. The molecule has 0 fully saturated rings. The van der Waals surface area contributed by atoms with Crippen LogP contribution in [0.15, 0.2) is 43.5 Å². The van der Waals surface area contributed by atoms with Crippen LogP contribution in [-0.4, -0.2) is 27.2 Å². The molecule has 0 radical (unpaired) electrons. The molecule has 0 saturated carbocycles. The third kappa shape index (κ3) is 13.7. The monoisotopic (exact) mass is 291 g/mol. The van der Waals surface area contributed by atoms with Crippen LogP contribution in [0, 0.1) is 0 Å². The van der Waals surface area contributed by atoms with E-state index in [-0.39, 0.29) is 0 Å². The Morgan fingerprint density at radius 3 is 2.00 bits per heavy atom. The van der Waals surface area contributed by atoms with Crippen LogP contribution in [0.4, 0.5) is 0 Å². The average Bonchev–Trinajstić information content (AvgIpc) is 2.86. The van der Waals surface area contributed by atoms with E-state index in [2.05, 4.69) is 23.5 Å².